The second kappa shape index (κ2) is 7.48. The van der Waals surface area contributed by atoms with Crippen LogP contribution < -0.4 is 5.32 Å². The molecule has 8 heteroatoms. The Labute approximate surface area is 157 Å². The Hall–Kier alpha value is -2.74. The summed E-state index contributed by atoms with van der Waals surface area (Å²) in [6.07, 6.45) is 5.04. The van der Waals surface area contributed by atoms with Crippen LogP contribution in [0.4, 0.5) is 5.69 Å². The summed E-state index contributed by atoms with van der Waals surface area (Å²) in [4.78, 5) is 17.2. The van der Waals surface area contributed by atoms with Crippen molar-refractivity contribution >= 4 is 18.3 Å². The van der Waals surface area contributed by atoms with Crippen LogP contribution in [0.5, 0.6) is 0 Å². The first kappa shape index (κ1) is 17.7. The van der Waals surface area contributed by atoms with Crippen molar-refractivity contribution in [2.75, 3.05) is 18.4 Å². The maximum absolute atomic E-state index is 10.8. The van der Waals surface area contributed by atoms with E-state index in [-0.39, 0.29) is 18.1 Å². The maximum Gasteiger partial charge on any atom is 0.230 e. The zero-order valence-corrected chi connectivity index (χ0v) is 15.0. The van der Waals surface area contributed by atoms with Crippen LogP contribution in [-0.4, -0.2) is 58.0 Å². The molecule has 2 aromatic rings. The SMILES string of the molecule is N=Cc1ccc(-c2noc(C3CCN(C=O)CC3)n2)cc1NC1CC(O)C1. The van der Waals surface area contributed by atoms with E-state index < -0.39 is 0 Å². The van der Waals surface area contributed by atoms with Crippen LogP contribution in [0.2, 0.25) is 0 Å². The molecule has 1 aliphatic carbocycles. The van der Waals surface area contributed by atoms with Crippen molar-refractivity contribution in [2.45, 2.75) is 43.7 Å². The van der Waals surface area contributed by atoms with Gasteiger partial charge in [-0.15, -0.1) is 0 Å². The lowest BCUT2D eigenvalue weighted by molar-refractivity contribution is -0.119. The third kappa shape index (κ3) is 3.71. The van der Waals surface area contributed by atoms with Gasteiger partial charge in [0.1, 0.15) is 0 Å². The number of carbonyl (C=O) groups is 1. The predicted octanol–water partition coefficient (Wildman–Crippen LogP) is 2.01. The molecule has 1 saturated carbocycles. The first-order valence-electron chi connectivity index (χ1n) is 9.28. The number of aromatic nitrogens is 2. The van der Waals surface area contributed by atoms with Gasteiger partial charge in [-0.2, -0.15) is 4.98 Å². The van der Waals surface area contributed by atoms with Crippen LogP contribution in [0.25, 0.3) is 11.4 Å². The molecule has 1 saturated heterocycles. The number of carbonyl (C=O) groups excluding carboxylic acids is 1. The van der Waals surface area contributed by atoms with Crippen molar-refractivity contribution < 1.29 is 14.4 Å². The van der Waals surface area contributed by atoms with E-state index in [0.29, 0.717) is 37.6 Å². The van der Waals surface area contributed by atoms with Crippen molar-refractivity contribution in [3.63, 3.8) is 0 Å². The monoisotopic (exact) mass is 369 g/mol. The van der Waals surface area contributed by atoms with Gasteiger partial charge < -0.3 is 25.3 Å². The molecule has 1 amide bonds. The molecule has 1 aliphatic heterocycles. The zero-order chi connectivity index (χ0) is 18.8. The Morgan fingerprint density at radius 1 is 1.30 bits per heavy atom. The van der Waals surface area contributed by atoms with Gasteiger partial charge >= 0.3 is 0 Å². The van der Waals surface area contributed by atoms with E-state index >= 15 is 0 Å². The number of aliphatic hydroxyl groups is 1. The van der Waals surface area contributed by atoms with Gasteiger partial charge in [0, 0.05) is 48.1 Å². The zero-order valence-electron chi connectivity index (χ0n) is 15.0. The molecule has 8 nitrogen and oxygen atoms in total. The lowest BCUT2D eigenvalue weighted by Crippen LogP contribution is -2.39. The number of benzene rings is 1. The minimum Gasteiger partial charge on any atom is -0.393 e. The summed E-state index contributed by atoms with van der Waals surface area (Å²) in [5, 5.41) is 24.6. The van der Waals surface area contributed by atoms with Gasteiger partial charge in [-0.1, -0.05) is 17.3 Å². The summed E-state index contributed by atoms with van der Waals surface area (Å²) >= 11 is 0. The Balaban J connectivity index is 1.51. The molecule has 2 fully saturated rings. The second-order valence-electron chi connectivity index (χ2n) is 7.28. The Bertz CT molecular complexity index is 823. The number of likely N-dealkylation sites (tertiary alicyclic amines) is 1. The van der Waals surface area contributed by atoms with E-state index in [4.69, 9.17) is 9.93 Å². The summed E-state index contributed by atoms with van der Waals surface area (Å²) in [7, 11) is 0. The number of hydrogen-bond acceptors (Lipinski definition) is 7. The van der Waals surface area contributed by atoms with E-state index in [9.17, 15) is 9.90 Å². The number of rotatable bonds is 6. The third-order valence-electron chi connectivity index (χ3n) is 5.41. The molecule has 27 heavy (non-hydrogen) atoms. The molecule has 1 aromatic carbocycles. The first-order valence-corrected chi connectivity index (χ1v) is 9.28. The van der Waals surface area contributed by atoms with Crippen LogP contribution in [0, 0.1) is 5.41 Å². The molecule has 0 radical (unpaired) electrons. The Kier molecular flexibility index (Phi) is 4.89. The lowest BCUT2D eigenvalue weighted by atomic mass is 9.89. The fraction of sp³-hybridized carbons (Fsp3) is 0.474. The highest BCUT2D eigenvalue weighted by Gasteiger charge is 2.28. The van der Waals surface area contributed by atoms with Crippen molar-refractivity contribution in [3.05, 3.63) is 29.7 Å². The highest BCUT2D eigenvalue weighted by Crippen LogP contribution is 2.31. The van der Waals surface area contributed by atoms with E-state index in [1.165, 1.54) is 6.21 Å². The molecule has 0 spiro atoms. The maximum atomic E-state index is 10.8. The van der Waals surface area contributed by atoms with Gasteiger partial charge in [0.2, 0.25) is 18.1 Å². The third-order valence-corrected chi connectivity index (χ3v) is 5.41. The highest BCUT2D eigenvalue weighted by atomic mass is 16.5. The molecule has 142 valence electrons. The molecular formula is C19H23N5O3. The van der Waals surface area contributed by atoms with E-state index in [0.717, 1.165) is 36.1 Å². The van der Waals surface area contributed by atoms with E-state index in [1.807, 2.05) is 18.2 Å². The molecule has 0 bridgehead atoms. The average molecular weight is 369 g/mol. The average Bonchev–Trinajstić information content (AvgIpc) is 3.17. The summed E-state index contributed by atoms with van der Waals surface area (Å²) in [5.74, 6) is 1.32. The Morgan fingerprint density at radius 2 is 2.07 bits per heavy atom. The molecule has 3 N–H and O–H groups in total. The number of anilines is 1. The normalized spacial score (nSPS) is 22.9. The van der Waals surface area contributed by atoms with Crippen LogP contribution in [0.1, 0.15) is 43.1 Å². The fourth-order valence-electron chi connectivity index (χ4n) is 3.64. The lowest BCUT2D eigenvalue weighted by Gasteiger charge is -2.33. The predicted molar refractivity (Wildman–Crippen MR) is 99.9 cm³/mol. The molecule has 1 aromatic heterocycles. The van der Waals surface area contributed by atoms with Crippen LogP contribution >= 0.6 is 0 Å². The van der Waals surface area contributed by atoms with Crippen molar-refractivity contribution in [1.82, 2.24) is 15.0 Å². The summed E-state index contributed by atoms with van der Waals surface area (Å²) < 4.78 is 5.49. The second-order valence-corrected chi connectivity index (χ2v) is 7.28. The number of nitrogens with zero attached hydrogens (tertiary/aromatic N) is 3. The molecule has 4 rings (SSSR count). The minimum atomic E-state index is -0.237. The quantitative estimate of drug-likeness (QED) is 0.530. The van der Waals surface area contributed by atoms with Crippen LogP contribution in [0.3, 0.4) is 0 Å². The number of aliphatic hydroxyl groups excluding tert-OH is 1. The Morgan fingerprint density at radius 3 is 2.74 bits per heavy atom. The van der Waals surface area contributed by atoms with Crippen molar-refractivity contribution in [3.8, 4) is 11.4 Å². The first-order chi connectivity index (χ1) is 13.2. The van der Waals surface area contributed by atoms with Crippen LogP contribution in [-0.2, 0) is 4.79 Å². The van der Waals surface area contributed by atoms with Gasteiger partial charge in [0.15, 0.2) is 0 Å². The number of amides is 1. The van der Waals surface area contributed by atoms with Gasteiger partial charge in [0.25, 0.3) is 0 Å². The molecule has 0 atom stereocenters. The summed E-state index contributed by atoms with van der Waals surface area (Å²) in [6, 6.07) is 5.88. The fourth-order valence-corrected chi connectivity index (χ4v) is 3.64. The van der Waals surface area contributed by atoms with Crippen LogP contribution in [0.15, 0.2) is 22.7 Å². The minimum absolute atomic E-state index is 0.178. The standard InChI is InChI=1S/C19H23N5O3/c20-10-14-2-1-13(7-17(14)21-15-8-16(26)9-15)18-22-19(27-23-18)12-3-5-24(11-25)6-4-12/h1-2,7,10-12,15-16,20-21,26H,3-6,8-9H2. The summed E-state index contributed by atoms with van der Waals surface area (Å²) in [6.45, 7) is 1.42. The molecule has 0 unspecified atom stereocenters. The summed E-state index contributed by atoms with van der Waals surface area (Å²) in [5.41, 5.74) is 2.44. The van der Waals surface area contributed by atoms with Gasteiger partial charge in [0.05, 0.1) is 6.10 Å². The smallest absolute Gasteiger partial charge is 0.230 e. The largest absolute Gasteiger partial charge is 0.393 e. The van der Waals surface area contributed by atoms with E-state index in [1.54, 1.807) is 4.90 Å². The van der Waals surface area contributed by atoms with Crippen molar-refractivity contribution in [2.24, 2.45) is 0 Å². The highest BCUT2D eigenvalue weighted by molar-refractivity contribution is 5.87. The number of piperidine rings is 1. The molecule has 2 aliphatic rings. The van der Waals surface area contributed by atoms with Crippen molar-refractivity contribution in [1.29, 1.82) is 5.41 Å². The number of hydrogen-bond donors (Lipinski definition) is 3. The van der Waals surface area contributed by atoms with Gasteiger partial charge in [-0.05, 0) is 31.7 Å². The van der Waals surface area contributed by atoms with Gasteiger partial charge in [-0.3, -0.25) is 4.79 Å². The molecule has 2 heterocycles. The number of nitrogens with one attached hydrogen (secondary N) is 2. The van der Waals surface area contributed by atoms with E-state index in [2.05, 4.69) is 15.5 Å². The molecular weight excluding hydrogens is 346 g/mol. The van der Waals surface area contributed by atoms with Gasteiger partial charge in [-0.25, -0.2) is 0 Å². The topological polar surface area (TPSA) is 115 Å².